The first-order chi connectivity index (χ1) is 14.4. The van der Waals surface area contributed by atoms with Crippen LogP contribution in [0.1, 0.15) is 63.5 Å². The molecule has 2 amide bonds. The number of carbonyl (C=O) groups excluding carboxylic acids is 2. The normalized spacial score (nSPS) is 11.0. The molecule has 0 aliphatic carbocycles. The average molecular weight is 413 g/mol. The van der Waals surface area contributed by atoms with Crippen LogP contribution in [0.2, 0.25) is 0 Å². The molecular weight excluding hydrogens is 376 g/mol. The summed E-state index contributed by atoms with van der Waals surface area (Å²) in [4.78, 5) is 29.6. The highest BCUT2D eigenvalue weighted by atomic mass is 16.3. The third-order valence-electron chi connectivity index (χ3n) is 4.97. The lowest BCUT2D eigenvalue weighted by Gasteiger charge is -2.28. The minimum Gasteiger partial charge on any atom is -0.464 e. The van der Waals surface area contributed by atoms with Crippen LogP contribution >= 0.6 is 0 Å². The smallest absolute Gasteiger partial charge is 0.242 e. The third kappa shape index (κ3) is 8.05. The maximum absolute atomic E-state index is 13.3. The predicted octanol–water partition coefficient (Wildman–Crippen LogP) is 5.18. The minimum absolute atomic E-state index is 0.0580. The lowest BCUT2D eigenvalue weighted by atomic mass is 10.1. The summed E-state index contributed by atoms with van der Waals surface area (Å²) >= 11 is 0. The first-order valence-corrected chi connectivity index (χ1v) is 11.0. The molecule has 164 valence electrons. The van der Waals surface area contributed by atoms with Crippen molar-refractivity contribution in [2.24, 2.45) is 5.92 Å². The van der Waals surface area contributed by atoms with Gasteiger partial charge in [0.15, 0.2) is 0 Å². The van der Waals surface area contributed by atoms with E-state index in [1.54, 1.807) is 9.80 Å². The molecule has 0 fully saturated rings. The van der Waals surface area contributed by atoms with Crippen molar-refractivity contribution in [3.05, 3.63) is 59.5 Å². The molecule has 0 N–H and O–H groups in total. The van der Waals surface area contributed by atoms with Crippen LogP contribution in [-0.2, 0) is 22.7 Å². The monoisotopic (exact) mass is 412 g/mol. The molecule has 5 heteroatoms. The van der Waals surface area contributed by atoms with Crippen molar-refractivity contribution in [2.75, 3.05) is 13.1 Å². The Morgan fingerprint density at radius 3 is 2.27 bits per heavy atom. The van der Waals surface area contributed by atoms with E-state index < -0.39 is 0 Å². The summed E-state index contributed by atoms with van der Waals surface area (Å²) < 4.78 is 5.71. The van der Waals surface area contributed by atoms with Crippen LogP contribution in [0.3, 0.4) is 0 Å². The molecule has 5 nitrogen and oxygen atoms in total. The zero-order valence-corrected chi connectivity index (χ0v) is 18.9. The van der Waals surface area contributed by atoms with Crippen molar-refractivity contribution >= 4 is 11.8 Å². The highest BCUT2D eigenvalue weighted by Gasteiger charge is 2.23. The molecule has 1 aromatic carbocycles. The molecule has 1 heterocycles. The van der Waals surface area contributed by atoms with E-state index >= 15 is 0 Å². The number of carbonyl (C=O) groups is 2. The van der Waals surface area contributed by atoms with Crippen LogP contribution in [-0.4, -0.2) is 34.7 Å². The molecule has 0 saturated carbocycles. The zero-order valence-electron chi connectivity index (χ0n) is 18.9. The highest BCUT2D eigenvalue weighted by Crippen LogP contribution is 2.15. The van der Waals surface area contributed by atoms with Gasteiger partial charge in [0, 0.05) is 19.5 Å². The van der Waals surface area contributed by atoms with Crippen molar-refractivity contribution in [1.29, 1.82) is 0 Å². The summed E-state index contributed by atoms with van der Waals surface area (Å²) in [6.45, 7) is 9.74. The van der Waals surface area contributed by atoms with Crippen molar-refractivity contribution in [1.82, 2.24) is 9.80 Å². The van der Waals surface area contributed by atoms with Gasteiger partial charge in [-0.15, -0.1) is 0 Å². The molecular formula is C25H36N2O3. The number of unbranched alkanes of at least 4 members (excludes halogenated alkanes) is 2. The van der Waals surface area contributed by atoms with Crippen molar-refractivity contribution in [3.8, 4) is 0 Å². The quantitative estimate of drug-likeness (QED) is 0.451. The Morgan fingerprint density at radius 1 is 0.933 bits per heavy atom. The van der Waals surface area contributed by atoms with Crippen molar-refractivity contribution < 1.29 is 14.0 Å². The molecule has 0 bridgehead atoms. The van der Waals surface area contributed by atoms with E-state index in [0.29, 0.717) is 32.0 Å². The first kappa shape index (κ1) is 23.7. The molecule has 2 rings (SSSR count). The number of hydrogen-bond donors (Lipinski definition) is 0. The van der Waals surface area contributed by atoms with Gasteiger partial charge in [-0.2, -0.15) is 0 Å². The summed E-state index contributed by atoms with van der Waals surface area (Å²) in [5.41, 5.74) is 1.05. The van der Waals surface area contributed by atoms with Gasteiger partial charge in [-0.25, -0.2) is 0 Å². The Kier molecular flexibility index (Phi) is 9.65. The Hall–Kier alpha value is -2.56. The van der Waals surface area contributed by atoms with E-state index in [1.165, 1.54) is 0 Å². The molecule has 0 radical (unpaired) electrons. The van der Waals surface area contributed by atoms with E-state index in [9.17, 15) is 9.59 Å². The minimum atomic E-state index is -0.0580. The Balaban J connectivity index is 2.13. The third-order valence-corrected chi connectivity index (χ3v) is 4.97. The lowest BCUT2D eigenvalue weighted by Crippen LogP contribution is -2.43. The molecule has 0 atom stereocenters. The topological polar surface area (TPSA) is 53.8 Å². The molecule has 1 aromatic heterocycles. The second kappa shape index (κ2) is 12.2. The van der Waals surface area contributed by atoms with Gasteiger partial charge in [-0.3, -0.25) is 9.59 Å². The maximum Gasteiger partial charge on any atom is 0.242 e. The molecule has 2 aromatic rings. The number of aryl methyl sites for hydroxylation is 1. The summed E-state index contributed by atoms with van der Waals surface area (Å²) in [7, 11) is 0. The molecule has 0 unspecified atom stereocenters. The Bertz CT molecular complexity index is 783. The molecule has 0 spiro atoms. The van der Waals surface area contributed by atoms with Gasteiger partial charge in [0.05, 0.1) is 13.1 Å². The van der Waals surface area contributed by atoms with Gasteiger partial charge in [0.1, 0.15) is 11.5 Å². The summed E-state index contributed by atoms with van der Waals surface area (Å²) in [5.74, 6) is 1.89. The van der Waals surface area contributed by atoms with Crippen LogP contribution in [0.25, 0.3) is 0 Å². The number of benzene rings is 1. The highest BCUT2D eigenvalue weighted by molar-refractivity contribution is 5.84. The summed E-state index contributed by atoms with van der Waals surface area (Å²) in [6.07, 6.45) is 3.48. The Labute approximate surface area is 181 Å². The van der Waals surface area contributed by atoms with Crippen LogP contribution in [0.15, 0.2) is 46.9 Å². The zero-order chi connectivity index (χ0) is 21.9. The van der Waals surface area contributed by atoms with Crippen LogP contribution in [0.4, 0.5) is 0 Å². The summed E-state index contributed by atoms with van der Waals surface area (Å²) in [6, 6.07) is 13.7. The second-order valence-electron chi connectivity index (χ2n) is 8.37. The predicted molar refractivity (Wildman–Crippen MR) is 120 cm³/mol. The van der Waals surface area contributed by atoms with Gasteiger partial charge < -0.3 is 14.2 Å². The van der Waals surface area contributed by atoms with E-state index in [4.69, 9.17) is 4.42 Å². The molecule has 0 aliphatic rings. The fourth-order valence-corrected chi connectivity index (χ4v) is 3.44. The van der Waals surface area contributed by atoms with Gasteiger partial charge >= 0.3 is 0 Å². The number of furan rings is 1. The molecule has 0 aliphatic heterocycles. The summed E-state index contributed by atoms with van der Waals surface area (Å²) in [5, 5.41) is 0. The number of hydrogen-bond acceptors (Lipinski definition) is 3. The van der Waals surface area contributed by atoms with E-state index in [1.807, 2.05) is 49.4 Å². The number of rotatable bonds is 12. The fourth-order valence-electron chi connectivity index (χ4n) is 3.44. The largest absolute Gasteiger partial charge is 0.464 e. The van der Waals surface area contributed by atoms with Gasteiger partial charge in [-0.1, -0.05) is 63.9 Å². The standard InChI is InChI=1S/C25H36N2O3/c1-5-6-8-13-24(28)26(16-20(2)3)19-25(29)27(17-22-11-9-7-10-12-22)18-23-15-14-21(4)30-23/h7,9-12,14-15,20H,5-6,8,13,16-19H2,1-4H3. The van der Waals surface area contributed by atoms with E-state index in [-0.39, 0.29) is 18.4 Å². The van der Waals surface area contributed by atoms with Crippen LogP contribution in [0.5, 0.6) is 0 Å². The first-order valence-electron chi connectivity index (χ1n) is 11.0. The van der Waals surface area contributed by atoms with Gasteiger partial charge in [0.2, 0.25) is 11.8 Å². The van der Waals surface area contributed by atoms with Gasteiger partial charge in [0.25, 0.3) is 0 Å². The van der Waals surface area contributed by atoms with Crippen molar-refractivity contribution in [2.45, 2.75) is 66.5 Å². The number of amides is 2. The average Bonchev–Trinajstić information content (AvgIpc) is 3.12. The van der Waals surface area contributed by atoms with Crippen LogP contribution < -0.4 is 0 Å². The SMILES string of the molecule is CCCCCC(=O)N(CC(=O)N(Cc1ccccc1)Cc1ccc(C)o1)CC(C)C. The second-order valence-corrected chi connectivity index (χ2v) is 8.37. The van der Waals surface area contributed by atoms with E-state index in [2.05, 4.69) is 20.8 Å². The maximum atomic E-state index is 13.3. The van der Waals surface area contributed by atoms with Crippen molar-refractivity contribution in [3.63, 3.8) is 0 Å². The van der Waals surface area contributed by atoms with Crippen LogP contribution in [0, 0.1) is 12.8 Å². The molecule has 30 heavy (non-hydrogen) atoms. The number of nitrogens with zero attached hydrogens (tertiary/aromatic N) is 2. The lowest BCUT2D eigenvalue weighted by molar-refractivity contribution is -0.141. The molecule has 0 saturated heterocycles. The van der Waals surface area contributed by atoms with E-state index in [0.717, 1.165) is 36.3 Å². The Morgan fingerprint density at radius 2 is 1.67 bits per heavy atom. The van der Waals surface area contributed by atoms with Gasteiger partial charge in [-0.05, 0) is 37.0 Å². The fraction of sp³-hybridized carbons (Fsp3) is 0.520.